The van der Waals surface area contributed by atoms with Crippen LogP contribution >= 0.6 is 11.3 Å². The maximum atomic E-state index is 12.6. The number of carboxylic acids is 1. The van der Waals surface area contributed by atoms with Gasteiger partial charge in [-0.05, 0) is 24.5 Å². The Morgan fingerprint density at radius 2 is 2.24 bits per heavy atom. The van der Waals surface area contributed by atoms with E-state index < -0.39 is 24.7 Å². The lowest BCUT2D eigenvalue weighted by molar-refractivity contribution is -0.113. The highest BCUT2D eigenvalue weighted by atomic mass is 32.1. The molecule has 29 heavy (non-hydrogen) atoms. The second kappa shape index (κ2) is 8.45. The Bertz CT molecular complexity index is 1020. The fourth-order valence-corrected chi connectivity index (χ4v) is 3.78. The number of aromatic nitrogens is 1. The maximum Gasteiger partial charge on any atom is 0.526 e. The molecule has 0 saturated heterocycles. The lowest BCUT2D eigenvalue weighted by Crippen LogP contribution is -2.37. The van der Waals surface area contributed by atoms with Crippen LogP contribution in [0.5, 0.6) is 5.75 Å². The van der Waals surface area contributed by atoms with E-state index in [1.165, 1.54) is 5.38 Å². The summed E-state index contributed by atoms with van der Waals surface area (Å²) in [5.41, 5.74) is 6.42. The number of hydrogen-bond acceptors (Lipinski definition) is 9. The van der Waals surface area contributed by atoms with Gasteiger partial charge < -0.3 is 25.7 Å². The SMILES string of the molecule is C/C=C/c1ccc2c(c1C(=O)O)OB(O)[C@@H](CC(=O)/C(=N\O)c1csc(N)n1)C2. The zero-order valence-electron chi connectivity index (χ0n) is 15.4. The molecule has 150 valence electrons. The molecule has 0 saturated carbocycles. The minimum Gasteiger partial charge on any atom is -0.535 e. The number of hydrogen-bond donors (Lipinski definition) is 4. The van der Waals surface area contributed by atoms with Crippen molar-refractivity contribution in [3.05, 3.63) is 46.0 Å². The van der Waals surface area contributed by atoms with Crippen molar-refractivity contribution in [1.29, 1.82) is 0 Å². The van der Waals surface area contributed by atoms with E-state index in [1.54, 1.807) is 31.2 Å². The van der Waals surface area contributed by atoms with Crippen molar-refractivity contribution >= 4 is 47.1 Å². The van der Waals surface area contributed by atoms with Gasteiger partial charge in [0, 0.05) is 17.6 Å². The summed E-state index contributed by atoms with van der Waals surface area (Å²) in [6.07, 6.45) is 3.38. The van der Waals surface area contributed by atoms with E-state index in [2.05, 4.69) is 10.1 Å². The first-order chi connectivity index (χ1) is 13.8. The molecule has 0 spiro atoms. The summed E-state index contributed by atoms with van der Waals surface area (Å²) in [7, 11) is -1.40. The number of nitrogen functional groups attached to an aromatic ring is 1. The first kappa shape index (κ1) is 20.6. The summed E-state index contributed by atoms with van der Waals surface area (Å²) in [5.74, 6) is -2.28. The van der Waals surface area contributed by atoms with Crippen LogP contribution in [0.3, 0.4) is 0 Å². The third-order valence-electron chi connectivity index (χ3n) is 4.53. The third-order valence-corrected chi connectivity index (χ3v) is 5.21. The zero-order valence-corrected chi connectivity index (χ0v) is 16.2. The number of carbonyl (C=O) groups is 2. The Hall–Kier alpha value is -3.18. The topological polar surface area (TPSA) is 155 Å². The molecule has 0 unspecified atom stereocenters. The van der Waals surface area contributed by atoms with Gasteiger partial charge in [-0.2, -0.15) is 0 Å². The molecular weight excluding hydrogens is 397 g/mol. The van der Waals surface area contributed by atoms with Crippen molar-refractivity contribution in [2.75, 3.05) is 5.73 Å². The zero-order chi connectivity index (χ0) is 21.1. The van der Waals surface area contributed by atoms with Crippen LogP contribution in [-0.4, -0.2) is 44.9 Å². The molecule has 2 heterocycles. The second-order valence-corrected chi connectivity index (χ2v) is 7.33. The number of allylic oxidation sites excluding steroid dienone is 1. The third kappa shape index (κ3) is 4.15. The standard InChI is InChI=1S/C18H18BN3O6S/c1-2-3-9-4-5-10-6-11(19(26)28-16(10)14(9)17(24)25)7-13(23)15(22-27)12-8-29-18(20)21-12/h2-5,8,11,26-27H,6-7H2,1H3,(H2,20,21)(H,24,25)/b3-2+,22-15-/t11-/m1/s1. The van der Waals surface area contributed by atoms with Crippen LogP contribution in [0.2, 0.25) is 5.82 Å². The highest BCUT2D eigenvalue weighted by Crippen LogP contribution is 2.38. The van der Waals surface area contributed by atoms with Crippen molar-refractivity contribution in [1.82, 2.24) is 4.98 Å². The van der Waals surface area contributed by atoms with E-state index >= 15 is 0 Å². The number of Topliss-reactive ketones (excluding diaryl/α,β-unsaturated/α-hetero) is 1. The molecule has 0 fully saturated rings. The molecule has 1 aliphatic heterocycles. The van der Waals surface area contributed by atoms with Crippen LogP contribution in [-0.2, 0) is 11.2 Å². The van der Waals surface area contributed by atoms with Gasteiger partial charge in [0.05, 0.1) is 0 Å². The largest absolute Gasteiger partial charge is 0.535 e. The second-order valence-electron chi connectivity index (χ2n) is 6.44. The lowest BCUT2D eigenvalue weighted by Gasteiger charge is -2.28. The van der Waals surface area contributed by atoms with Gasteiger partial charge in [-0.1, -0.05) is 29.4 Å². The Labute approximate surface area is 170 Å². The Balaban J connectivity index is 1.86. The van der Waals surface area contributed by atoms with Crippen molar-refractivity contribution in [2.24, 2.45) is 5.16 Å². The van der Waals surface area contributed by atoms with Gasteiger partial charge in [0.2, 0.25) is 0 Å². The monoisotopic (exact) mass is 415 g/mol. The van der Waals surface area contributed by atoms with Gasteiger partial charge in [0.25, 0.3) is 0 Å². The summed E-state index contributed by atoms with van der Waals surface area (Å²) in [5, 5.41) is 33.9. The molecule has 1 atom stereocenters. The van der Waals surface area contributed by atoms with E-state index in [0.717, 1.165) is 11.3 Å². The Morgan fingerprint density at radius 3 is 2.83 bits per heavy atom. The number of carbonyl (C=O) groups excluding carboxylic acids is 1. The first-order valence-electron chi connectivity index (χ1n) is 8.68. The molecule has 0 aliphatic carbocycles. The highest BCUT2D eigenvalue weighted by Gasteiger charge is 2.39. The minimum atomic E-state index is -1.40. The molecule has 3 rings (SSSR count). The van der Waals surface area contributed by atoms with E-state index in [9.17, 15) is 24.9 Å². The van der Waals surface area contributed by atoms with Crippen molar-refractivity contribution in [2.45, 2.75) is 25.6 Å². The normalized spacial score (nSPS) is 16.6. The van der Waals surface area contributed by atoms with Crippen LogP contribution in [0.15, 0.2) is 28.7 Å². The number of nitrogens with zero attached hydrogens (tertiary/aromatic N) is 2. The predicted molar refractivity (Wildman–Crippen MR) is 109 cm³/mol. The average Bonchev–Trinajstić information content (AvgIpc) is 3.09. The van der Waals surface area contributed by atoms with Gasteiger partial charge in [0.15, 0.2) is 16.6 Å². The van der Waals surface area contributed by atoms with Gasteiger partial charge in [-0.25, -0.2) is 9.78 Å². The predicted octanol–water partition coefficient (Wildman–Crippen LogP) is 2.08. The van der Waals surface area contributed by atoms with Gasteiger partial charge in [-0.15, -0.1) is 11.3 Å². The number of fused-ring (bicyclic) bond motifs is 1. The van der Waals surface area contributed by atoms with Crippen molar-refractivity contribution in [3.63, 3.8) is 0 Å². The number of anilines is 1. The summed E-state index contributed by atoms with van der Waals surface area (Å²) in [6.45, 7) is 1.76. The number of aromatic carboxylic acids is 1. The number of thiazole rings is 1. The van der Waals surface area contributed by atoms with Crippen LogP contribution < -0.4 is 10.4 Å². The molecule has 1 aromatic heterocycles. The number of oxime groups is 1. The number of rotatable bonds is 6. The van der Waals surface area contributed by atoms with Crippen LogP contribution in [0.4, 0.5) is 5.13 Å². The van der Waals surface area contributed by atoms with Crippen LogP contribution in [0.1, 0.15) is 40.5 Å². The molecule has 0 radical (unpaired) electrons. The van der Waals surface area contributed by atoms with Gasteiger partial charge >= 0.3 is 13.1 Å². The molecule has 1 aromatic carbocycles. The molecule has 1 aliphatic rings. The van der Waals surface area contributed by atoms with E-state index in [1.807, 2.05) is 0 Å². The lowest BCUT2D eigenvalue weighted by atomic mass is 9.64. The molecule has 0 amide bonds. The number of benzene rings is 1. The van der Waals surface area contributed by atoms with Gasteiger partial charge in [-0.3, -0.25) is 4.79 Å². The van der Waals surface area contributed by atoms with E-state index in [4.69, 9.17) is 10.4 Å². The van der Waals surface area contributed by atoms with E-state index in [-0.39, 0.29) is 40.7 Å². The first-order valence-corrected chi connectivity index (χ1v) is 9.56. The summed E-state index contributed by atoms with van der Waals surface area (Å²) < 4.78 is 5.50. The summed E-state index contributed by atoms with van der Waals surface area (Å²) in [6, 6.07) is 3.36. The molecule has 11 heteroatoms. The minimum absolute atomic E-state index is 0.0417. The van der Waals surface area contributed by atoms with Crippen molar-refractivity contribution < 1.29 is 29.6 Å². The quantitative estimate of drug-likeness (QED) is 0.242. The average molecular weight is 415 g/mol. The number of nitrogens with two attached hydrogens (primary N) is 1. The fourth-order valence-electron chi connectivity index (χ4n) is 3.23. The van der Waals surface area contributed by atoms with Crippen molar-refractivity contribution in [3.8, 4) is 5.75 Å². The summed E-state index contributed by atoms with van der Waals surface area (Å²) >= 11 is 1.10. The maximum absolute atomic E-state index is 12.6. The number of carboxylic acid groups (broad SMARTS) is 1. The molecule has 9 nitrogen and oxygen atoms in total. The Kier molecular flexibility index (Phi) is 5.99. The highest BCUT2D eigenvalue weighted by molar-refractivity contribution is 7.13. The molecule has 5 N–H and O–H groups in total. The van der Waals surface area contributed by atoms with E-state index in [0.29, 0.717) is 11.1 Å². The Morgan fingerprint density at radius 1 is 1.48 bits per heavy atom. The molecule has 2 aromatic rings. The fraction of sp³-hybridized carbons (Fsp3) is 0.222. The van der Waals surface area contributed by atoms with Crippen LogP contribution in [0.25, 0.3) is 6.08 Å². The molecule has 0 bridgehead atoms. The van der Waals surface area contributed by atoms with Gasteiger partial charge in [0.1, 0.15) is 17.0 Å². The van der Waals surface area contributed by atoms with Crippen LogP contribution in [0, 0.1) is 0 Å². The smallest absolute Gasteiger partial charge is 0.526 e. The summed E-state index contributed by atoms with van der Waals surface area (Å²) in [4.78, 5) is 28.2. The number of ketones is 1. The molecular formula is C18H18BN3O6S.